The summed E-state index contributed by atoms with van der Waals surface area (Å²) in [5.41, 5.74) is 0.421. The molecule has 0 saturated carbocycles. The molecule has 0 fully saturated rings. The number of rotatable bonds is 29. The molecule has 0 saturated heterocycles. The summed E-state index contributed by atoms with van der Waals surface area (Å²) >= 11 is 0. The van der Waals surface area contributed by atoms with Crippen molar-refractivity contribution in [3.63, 3.8) is 0 Å². The summed E-state index contributed by atoms with van der Waals surface area (Å²) in [6.45, 7) is 13.7. The van der Waals surface area contributed by atoms with Crippen molar-refractivity contribution in [3.05, 3.63) is 35.9 Å². The fourth-order valence-corrected chi connectivity index (χ4v) is 3.18. The van der Waals surface area contributed by atoms with Crippen LogP contribution in [0.4, 0.5) is 9.59 Å². The Morgan fingerprint density at radius 3 is 1.20 bits per heavy atom. The van der Waals surface area contributed by atoms with E-state index >= 15 is 0 Å². The first kappa shape index (κ1) is 40.5. The highest BCUT2D eigenvalue weighted by Gasteiger charge is 2.15. The Bertz CT molecular complexity index is 827. The van der Waals surface area contributed by atoms with Gasteiger partial charge in [0.25, 0.3) is 0 Å². The summed E-state index contributed by atoms with van der Waals surface area (Å²) in [7, 11) is 0. The molecule has 1 rings (SSSR count). The fourth-order valence-electron chi connectivity index (χ4n) is 3.18. The number of carbonyl (C=O) groups is 2. The number of hydrogen-bond donors (Lipinski definition) is 2. The number of nitrogens with one attached hydrogen (secondary N) is 2. The number of hydrogen-bond acceptors (Lipinski definition) is 12. The number of benzene rings is 1. The molecule has 0 radical (unpaired) electrons. The number of alkyl carbamates (subject to hydrolysis) is 2. The van der Waals surface area contributed by atoms with E-state index in [0.717, 1.165) is 5.56 Å². The Balaban J connectivity index is 1.67. The average molecular weight is 647 g/mol. The highest BCUT2D eigenvalue weighted by atomic mass is 16.6. The van der Waals surface area contributed by atoms with Crippen LogP contribution in [0.15, 0.2) is 30.3 Å². The number of ether oxygens (including phenoxy) is 10. The summed E-state index contributed by atoms with van der Waals surface area (Å²) in [5, 5.41) is 5.26. The molecule has 0 aliphatic carbocycles. The van der Waals surface area contributed by atoms with Gasteiger partial charge in [-0.3, -0.25) is 0 Å². The summed E-state index contributed by atoms with van der Waals surface area (Å²) < 4.78 is 53.7. The van der Waals surface area contributed by atoms with Crippen molar-refractivity contribution in [3.8, 4) is 0 Å². The molecule has 14 nitrogen and oxygen atoms in total. The van der Waals surface area contributed by atoms with Gasteiger partial charge in [-0.2, -0.15) is 0 Å². The average Bonchev–Trinajstić information content (AvgIpc) is 3.01. The van der Waals surface area contributed by atoms with Crippen molar-refractivity contribution in [1.29, 1.82) is 0 Å². The van der Waals surface area contributed by atoms with E-state index in [-0.39, 0.29) is 6.61 Å². The van der Waals surface area contributed by atoms with Crippen LogP contribution in [0, 0.1) is 0 Å². The maximum atomic E-state index is 11.6. The lowest BCUT2D eigenvalue weighted by Crippen LogP contribution is -2.34. The molecular weight excluding hydrogens is 592 g/mol. The molecule has 0 aliphatic rings. The Kier molecular flexibility index (Phi) is 26.0. The Labute approximate surface area is 267 Å². The van der Waals surface area contributed by atoms with Gasteiger partial charge in [0.2, 0.25) is 0 Å². The van der Waals surface area contributed by atoms with Crippen LogP contribution < -0.4 is 10.6 Å². The topological polar surface area (TPSA) is 151 Å². The molecule has 2 N–H and O–H groups in total. The minimum absolute atomic E-state index is 0.235. The van der Waals surface area contributed by atoms with Crippen LogP contribution in [-0.2, 0) is 54.0 Å². The van der Waals surface area contributed by atoms with Gasteiger partial charge in [0, 0.05) is 13.1 Å². The maximum Gasteiger partial charge on any atom is 0.407 e. The van der Waals surface area contributed by atoms with Gasteiger partial charge in [-0.25, -0.2) is 9.59 Å². The standard InChI is InChI=1S/C31H54N2O12/c1-31(2,3)45-30(35)33-10-12-37-14-16-39-18-20-41-22-24-43-26-25-42-23-21-40-19-17-38-15-13-36-11-9-32-29(34)44-27-28-7-5-4-6-8-28/h4-8H,9-27H2,1-3H3,(H,32,34)(H,33,35). The zero-order valence-electron chi connectivity index (χ0n) is 27.2. The Morgan fingerprint density at radius 2 is 0.844 bits per heavy atom. The molecular formula is C31H54N2O12. The predicted octanol–water partition coefficient (Wildman–Crippen LogP) is 2.57. The van der Waals surface area contributed by atoms with Gasteiger partial charge in [0.05, 0.1) is 106 Å². The monoisotopic (exact) mass is 646 g/mol. The molecule has 1 aromatic carbocycles. The molecule has 0 aromatic heterocycles. The van der Waals surface area contributed by atoms with E-state index in [9.17, 15) is 9.59 Å². The third-order valence-electron chi connectivity index (χ3n) is 5.25. The van der Waals surface area contributed by atoms with Gasteiger partial charge in [-0.1, -0.05) is 30.3 Å². The molecule has 14 heteroatoms. The SMILES string of the molecule is CC(C)(C)OC(=O)NCCOCCOCCOCCOCCOCCOCCOCCOCCNC(=O)OCc1ccccc1. The van der Waals surface area contributed by atoms with Crippen molar-refractivity contribution in [2.45, 2.75) is 33.0 Å². The number of carbonyl (C=O) groups excluding carboxylic acids is 2. The molecule has 1 aromatic rings. The van der Waals surface area contributed by atoms with E-state index < -0.39 is 17.8 Å². The third kappa shape index (κ3) is 29.9. The van der Waals surface area contributed by atoms with Crippen LogP contribution in [0.25, 0.3) is 0 Å². The lowest BCUT2D eigenvalue weighted by molar-refractivity contribution is -0.0229. The largest absolute Gasteiger partial charge is 0.445 e. The summed E-state index contributed by atoms with van der Waals surface area (Å²) in [5.74, 6) is 0. The van der Waals surface area contributed by atoms with Crippen LogP contribution in [0.3, 0.4) is 0 Å². The van der Waals surface area contributed by atoms with E-state index in [1.165, 1.54) is 0 Å². The lowest BCUT2D eigenvalue weighted by atomic mass is 10.2. The molecule has 0 unspecified atom stereocenters. The van der Waals surface area contributed by atoms with E-state index in [2.05, 4.69) is 10.6 Å². The molecule has 0 spiro atoms. The third-order valence-corrected chi connectivity index (χ3v) is 5.25. The summed E-state index contributed by atoms with van der Waals surface area (Å²) in [6, 6.07) is 9.49. The first-order chi connectivity index (χ1) is 21.9. The van der Waals surface area contributed by atoms with Gasteiger partial charge in [-0.05, 0) is 26.3 Å². The van der Waals surface area contributed by atoms with Crippen LogP contribution >= 0.6 is 0 Å². The normalized spacial score (nSPS) is 11.4. The zero-order valence-corrected chi connectivity index (χ0v) is 27.2. The van der Waals surface area contributed by atoms with Crippen LogP contribution in [0.2, 0.25) is 0 Å². The highest BCUT2D eigenvalue weighted by Crippen LogP contribution is 2.06. The highest BCUT2D eigenvalue weighted by molar-refractivity contribution is 5.67. The Morgan fingerprint density at radius 1 is 0.511 bits per heavy atom. The number of amides is 2. The molecule has 0 heterocycles. The van der Waals surface area contributed by atoms with Gasteiger partial charge >= 0.3 is 12.2 Å². The second kappa shape index (κ2) is 28.9. The van der Waals surface area contributed by atoms with Crippen molar-refractivity contribution in [2.24, 2.45) is 0 Å². The van der Waals surface area contributed by atoms with Gasteiger partial charge in [0.15, 0.2) is 0 Å². The summed E-state index contributed by atoms with van der Waals surface area (Å²) in [4.78, 5) is 23.1. The maximum absolute atomic E-state index is 11.6. The van der Waals surface area contributed by atoms with Crippen molar-refractivity contribution >= 4 is 12.2 Å². The second-order valence-electron chi connectivity index (χ2n) is 10.3. The molecule has 2 amide bonds. The van der Waals surface area contributed by atoms with Crippen LogP contribution in [-0.4, -0.2) is 137 Å². The summed E-state index contributed by atoms with van der Waals surface area (Å²) in [6.07, 6.45) is -0.928. The molecule has 0 aliphatic heterocycles. The minimum atomic E-state index is -0.514. The smallest absolute Gasteiger partial charge is 0.407 e. The van der Waals surface area contributed by atoms with E-state index in [1.807, 2.05) is 51.1 Å². The fraction of sp³-hybridized carbons (Fsp3) is 0.742. The van der Waals surface area contributed by atoms with E-state index in [0.29, 0.717) is 119 Å². The first-order valence-electron chi connectivity index (χ1n) is 15.4. The minimum Gasteiger partial charge on any atom is -0.445 e. The lowest BCUT2D eigenvalue weighted by Gasteiger charge is -2.19. The molecule has 0 bridgehead atoms. The molecule has 0 atom stereocenters. The van der Waals surface area contributed by atoms with E-state index in [4.69, 9.17) is 47.4 Å². The van der Waals surface area contributed by atoms with Crippen molar-refractivity contribution < 1.29 is 57.0 Å². The quantitative estimate of drug-likeness (QED) is 0.123. The van der Waals surface area contributed by atoms with Crippen LogP contribution in [0.5, 0.6) is 0 Å². The predicted molar refractivity (Wildman–Crippen MR) is 165 cm³/mol. The second-order valence-corrected chi connectivity index (χ2v) is 10.3. The zero-order chi connectivity index (χ0) is 32.7. The van der Waals surface area contributed by atoms with Crippen molar-refractivity contribution in [2.75, 3.05) is 119 Å². The van der Waals surface area contributed by atoms with Crippen molar-refractivity contribution in [1.82, 2.24) is 10.6 Å². The van der Waals surface area contributed by atoms with Gasteiger partial charge in [0.1, 0.15) is 12.2 Å². The van der Waals surface area contributed by atoms with Gasteiger partial charge < -0.3 is 58.0 Å². The first-order valence-corrected chi connectivity index (χ1v) is 15.4. The van der Waals surface area contributed by atoms with Gasteiger partial charge in [-0.15, -0.1) is 0 Å². The molecule has 45 heavy (non-hydrogen) atoms. The Hall–Kier alpha value is -2.56. The van der Waals surface area contributed by atoms with E-state index in [1.54, 1.807) is 0 Å². The molecule has 260 valence electrons. The van der Waals surface area contributed by atoms with Crippen LogP contribution in [0.1, 0.15) is 26.3 Å².